The monoisotopic (exact) mass is 446 g/mol. The highest BCUT2D eigenvalue weighted by Crippen LogP contribution is 2.46. The van der Waals surface area contributed by atoms with Crippen LogP contribution in [0.3, 0.4) is 0 Å². The number of rotatable bonds is 2. The molecular weight excluding hydrogens is 438 g/mol. The van der Waals surface area contributed by atoms with E-state index in [1.54, 1.807) is 5.21 Å². The summed E-state index contributed by atoms with van der Waals surface area (Å²) >= 11 is 0. The molecule has 0 spiro atoms. The van der Waals surface area contributed by atoms with Crippen molar-refractivity contribution in [3.63, 3.8) is 0 Å². The zero-order valence-corrected chi connectivity index (χ0v) is 14.1. The van der Waals surface area contributed by atoms with E-state index in [2.05, 4.69) is 0 Å². The van der Waals surface area contributed by atoms with Gasteiger partial charge in [0.1, 0.15) is 0 Å². The molecule has 0 radical (unpaired) electrons. The third-order valence-corrected chi connectivity index (χ3v) is 4.55. The first kappa shape index (κ1) is 20.2. The summed E-state index contributed by atoms with van der Waals surface area (Å²) in [5, 5.41) is 3.51. The van der Waals surface area contributed by atoms with E-state index >= 15 is 0 Å². The number of aromatic amines is 2. The smallest absolute Gasteiger partial charge is 0.275 e. The molecule has 0 aliphatic heterocycles. The third-order valence-electron chi connectivity index (χ3n) is 4.55. The summed E-state index contributed by atoms with van der Waals surface area (Å²) < 4.78 is 132. The second-order valence-corrected chi connectivity index (χ2v) is 6.47. The molecule has 2 aromatic heterocycles. The van der Waals surface area contributed by atoms with Gasteiger partial charge >= 0.3 is 24.3 Å². The van der Waals surface area contributed by atoms with Gasteiger partial charge in [0, 0.05) is 17.1 Å². The van der Waals surface area contributed by atoms with Crippen molar-refractivity contribution >= 4 is 27.2 Å². The van der Waals surface area contributed by atoms with Crippen molar-refractivity contribution in [1.82, 2.24) is 19.6 Å². The van der Waals surface area contributed by atoms with Crippen LogP contribution >= 0.6 is 0 Å². The lowest BCUT2D eigenvalue weighted by Crippen LogP contribution is -2.43. The second kappa shape index (κ2) is 5.76. The summed E-state index contributed by atoms with van der Waals surface area (Å²) in [4.78, 5) is -0.595. The Labute approximate surface area is 158 Å². The van der Waals surface area contributed by atoms with Crippen LogP contribution in [0.15, 0.2) is 36.5 Å². The predicted octanol–water partition coefficient (Wildman–Crippen LogP) is 6.03. The molecule has 0 unspecified atom stereocenters. The fourth-order valence-corrected chi connectivity index (χ4v) is 3.12. The van der Waals surface area contributed by atoms with E-state index in [9.17, 15) is 43.9 Å². The van der Waals surface area contributed by atoms with Crippen LogP contribution in [0.5, 0.6) is 0 Å². The first-order chi connectivity index (χ1) is 13.6. The van der Waals surface area contributed by atoms with Gasteiger partial charge in [0.2, 0.25) is 0 Å². The Morgan fingerprint density at radius 3 is 1.90 bits per heavy atom. The largest absolute Gasteiger partial charge is 0.478 e. The molecule has 162 valence electrons. The van der Waals surface area contributed by atoms with E-state index in [4.69, 9.17) is 0 Å². The lowest BCUT2D eigenvalue weighted by atomic mass is 9.97. The van der Waals surface area contributed by atoms with Crippen molar-refractivity contribution in [3.05, 3.63) is 42.1 Å². The average molecular weight is 446 g/mol. The molecule has 4 rings (SSSR count). The number of alkyl halides is 10. The highest BCUT2D eigenvalue weighted by atomic mass is 19.4. The van der Waals surface area contributed by atoms with Crippen LogP contribution in [-0.4, -0.2) is 32.0 Å². The average Bonchev–Trinajstić information content (AvgIpc) is 2.63. The molecule has 0 aliphatic carbocycles. The molecule has 0 fully saturated rings. The van der Waals surface area contributed by atoms with Crippen LogP contribution in [0, 0.1) is 0 Å². The van der Waals surface area contributed by atoms with Gasteiger partial charge in [-0.05, 0) is 35.0 Å². The summed E-state index contributed by atoms with van der Waals surface area (Å²) in [7, 11) is 0. The van der Waals surface area contributed by atoms with E-state index in [1.165, 1.54) is 0 Å². The molecule has 30 heavy (non-hydrogen) atoms. The lowest BCUT2D eigenvalue weighted by molar-refractivity contribution is -0.334. The van der Waals surface area contributed by atoms with E-state index in [0.717, 1.165) is 28.9 Å². The molecule has 4 nitrogen and oxygen atoms in total. The number of hydrogen-bond acceptors (Lipinski definition) is 0. The number of halogens is 10. The topological polar surface area (TPSA) is 40.9 Å². The summed E-state index contributed by atoms with van der Waals surface area (Å²) in [5.41, 5.74) is -1.62. The normalized spacial score (nSPS) is 14.3. The van der Waals surface area contributed by atoms with Crippen molar-refractivity contribution in [3.8, 4) is 0 Å². The van der Waals surface area contributed by atoms with Crippen molar-refractivity contribution < 1.29 is 43.9 Å². The van der Waals surface area contributed by atoms with Gasteiger partial charge in [-0.25, -0.2) is 9.73 Å². The number of nitrogens with one attached hydrogen (secondary N) is 2. The Bertz CT molecular complexity index is 1110. The first-order valence-corrected chi connectivity index (χ1v) is 7.95. The van der Waals surface area contributed by atoms with Gasteiger partial charge in [0.15, 0.2) is 0 Å². The molecule has 0 bridgehead atoms. The van der Waals surface area contributed by atoms with Gasteiger partial charge in [-0.3, -0.25) is 5.10 Å². The third kappa shape index (κ3) is 2.69. The molecule has 2 heterocycles. The van der Waals surface area contributed by atoms with Crippen LogP contribution < -0.4 is 0 Å². The maximum absolute atomic E-state index is 13.8. The van der Waals surface area contributed by atoms with Gasteiger partial charge in [0.25, 0.3) is 0 Å². The van der Waals surface area contributed by atoms with Crippen LogP contribution in [0.1, 0.15) is 5.56 Å². The Morgan fingerprint density at radius 1 is 0.733 bits per heavy atom. The van der Waals surface area contributed by atoms with Crippen LogP contribution in [0.25, 0.3) is 27.2 Å². The van der Waals surface area contributed by atoms with E-state index in [-0.39, 0.29) is 27.2 Å². The lowest BCUT2D eigenvalue weighted by Gasteiger charge is -2.24. The standard InChI is InChI=1S/C16H8F10N4/c17-13(18,14(19,20)21)9-5-7-1-2-10-12-11(7)8(6-9)3-4-29(12)28-30(27-10)16(25,26)15(22,23)24/h1-6,27-28H. The summed E-state index contributed by atoms with van der Waals surface area (Å²) in [6, 6.07) is -1.14. The molecular formula is C16H8F10N4. The summed E-state index contributed by atoms with van der Waals surface area (Å²) in [6.07, 6.45) is -10.9. The number of nitrogens with zero attached hydrogens (tertiary/aromatic N) is 2. The van der Waals surface area contributed by atoms with Gasteiger partial charge in [-0.15, -0.1) is 4.80 Å². The summed E-state index contributed by atoms with van der Waals surface area (Å²) in [5.74, 6) is -5.15. The number of aromatic nitrogens is 4. The number of hydrogen-bond donors (Lipinski definition) is 2. The predicted molar refractivity (Wildman–Crippen MR) is 84.1 cm³/mol. The SMILES string of the molecule is FC(F)(F)C(F)(F)c1cc2ccc3[nH]n(C(F)(F)C(F)(F)F)[nH]n4ccc(c1)c2c34. The Morgan fingerprint density at radius 2 is 1.33 bits per heavy atom. The zero-order chi connectivity index (χ0) is 22.3. The van der Waals surface area contributed by atoms with Crippen molar-refractivity contribution in [1.29, 1.82) is 0 Å². The van der Waals surface area contributed by atoms with Crippen molar-refractivity contribution in [2.45, 2.75) is 24.3 Å². The Hall–Kier alpha value is -3.06. The van der Waals surface area contributed by atoms with Gasteiger partial charge in [0.05, 0.1) is 11.0 Å². The Balaban J connectivity index is 2.02. The molecule has 0 saturated heterocycles. The second-order valence-electron chi connectivity index (χ2n) is 6.47. The molecule has 2 N–H and O–H groups in total. The van der Waals surface area contributed by atoms with Crippen molar-refractivity contribution in [2.24, 2.45) is 0 Å². The maximum atomic E-state index is 13.8. The highest BCUT2D eigenvalue weighted by Gasteiger charge is 2.61. The molecule has 2 aromatic carbocycles. The highest BCUT2D eigenvalue weighted by molar-refractivity contribution is 6.13. The van der Waals surface area contributed by atoms with Crippen molar-refractivity contribution in [2.75, 3.05) is 0 Å². The minimum absolute atomic E-state index is 0.0268. The fraction of sp³-hybridized carbons (Fsp3) is 0.250. The van der Waals surface area contributed by atoms with Gasteiger partial charge < -0.3 is 0 Å². The Kier molecular flexibility index (Phi) is 3.88. The molecule has 14 heteroatoms. The number of pyridine rings is 1. The van der Waals surface area contributed by atoms with Gasteiger partial charge in [-0.2, -0.15) is 43.9 Å². The quantitative estimate of drug-likeness (QED) is 0.279. The summed E-state index contributed by atoms with van der Waals surface area (Å²) in [6.45, 7) is 0. The zero-order valence-electron chi connectivity index (χ0n) is 14.1. The van der Waals surface area contributed by atoms with Gasteiger partial charge in [-0.1, -0.05) is 6.07 Å². The first-order valence-electron chi connectivity index (χ1n) is 7.95. The molecule has 0 atom stereocenters. The van der Waals surface area contributed by atoms with E-state index < -0.39 is 34.7 Å². The van der Waals surface area contributed by atoms with E-state index in [1.807, 2.05) is 5.10 Å². The van der Waals surface area contributed by atoms with Crippen LogP contribution in [-0.2, 0) is 12.0 Å². The minimum Gasteiger partial charge on any atom is -0.275 e. The molecule has 4 aromatic rings. The molecule has 0 amide bonds. The maximum Gasteiger partial charge on any atom is 0.478 e. The van der Waals surface area contributed by atoms with E-state index in [0.29, 0.717) is 12.1 Å². The fourth-order valence-electron chi connectivity index (χ4n) is 3.12. The van der Waals surface area contributed by atoms with Crippen LogP contribution in [0.4, 0.5) is 43.9 Å². The van der Waals surface area contributed by atoms with Crippen LogP contribution in [0.2, 0.25) is 0 Å². The minimum atomic E-state index is -5.94. The number of H-pyrrole nitrogens is 2. The number of benzene rings is 2. The molecule has 0 aliphatic rings. The molecule has 0 saturated carbocycles.